The van der Waals surface area contributed by atoms with Crippen LogP contribution in [0.2, 0.25) is 0 Å². The normalized spacial score (nSPS) is 27.3. The monoisotopic (exact) mass is 316 g/mol. The van der Waals surface area contributed by atoms with Crippen LogP contribution in [-0.2, 0) is 4.84 Å². The average Bonchev–Trinajstić information content (AvgIpc) is 2.75. The third-order valence-electron chi connectivity index (χ3n) is 5.17. The van der Waals surface area contributed by atoms with E-state index in [4.69, 9.17) is 10.6 Å². The van der Waals surface area contributed by atoms with Gasteiger partial charge in [-0.25, -0.2) is 4.79 Å². The first-order chi connectivity index (χ1) is 11.1. The van der Waals surface area contributed by atoms with Gasteiger partial charge in [-0.15, -0.1) is 0 Å². The number of para-hydroxylation sites is 1. The summed E-state index contributed by atoms with van der Waals surface area (Å²) < 4.78 is 0. The molecule has 2 bridgehead atoms. The zero-order chi connectivity index (χ0) is 16.4. The lowest BCUT2D eigenvalue weighted by Gasteiger charge is -2.41. The Morgan fingerprint density at radius 2 is 2.00 bits per heavy atom. The molecule has 2 N–H and O–H groups in total. The van der Waals surface area contributed by atoms with E-state index < -0.39 is 6.03 Å². The first kappa shape index (κ1) is 15.8. The van der Waals surface area contributed by atoms with Gasteiger partial charge >= 0.3 is 6.03 Å². The number of nitrogens with two attached hydrogens (primary N) is 1. The number of fused-ring (bicyclic) bond motifs is 2. The highest BCUT2D eigenvalue weighted by atomic mass is 16.6. The van der Waals surface area contributed by atoms with Crippen molar-refractivity contribution < 1.29 is 9.63 Å². The third-order valence-corrected chi connectivity index (χ3v) is 5.17. The minimum Gasteiger partial charge on any atom is -0.399 e. The number of anilines is 1. The second kappa shape index (κ2) is 6.58. The third kappa shape index (κ3) is 3.03. The molecule has 6 nitrogen and oxygen atoms in total. The van der Waals surface area contributed by atoms with Crippen molar-refractivity contribution in [3.05, 3.63) is 29.8 Å². The number of primary amides is 1. The first-order valence-electron chi connectivity index (χ1n) is 8.08. The Bertz CT molecular complexity index is 590. The SMILES string of the molecule is CO/N=C/c1ccccc1N(C(N)=O)C1C[C@H]2CC[C@@H](C1)N2C. The Hall–Kier alpha value is -2.08. The van der Waals surface area contributed by atoms with E-state index in [1.807, 2.05) is 24.3 Å². The highest BCUT2D eigenvalue weighted by Crippen LogP contribution is 2.38. The maximum absolute atomic E-state index is 12.2. The van der Waals surface area contributed by atoms with Gasteiger partial charge in [-0.1, -0.05) is 23.4 Å². The Kier molecular flexibility index (Phi) is 4.52. The zero-order valence-corrected chi connectivity index (χ0v) is 13.7. The van der Waals surface area contributed by atoms with E-state index in [1.54, 1.807) is 11.1 Å². The Labute approximate surface area is 136 Å². The van der Waals surface area contributed by atoms with Crippen LogP contribution >= 0.6 is 0 Å². The standard InChI is InChI=1S/C17H24N4O2/c1-20-13-7-8-14(20)10-15(9-13)21(17(18)22)16-6-4-3-5-12(16)11-19-23-2/h3-6,11,13-15H,7-10H2,1-2H3,(H2,18,22)/b19-11+/t13-,14+,15?. The molecule has 2 aliphatic heterocycles. The number of carbonyl (C=O) groups excluding carboxylic acids is 1. The molecule has 6 heteroatoms. The van der Waals surface area contributed by atoms with Gasteiger partial charge in [-0.2, -0.15) is 0 Å². The van der Waals surface area contributed by atoms with E-state index in [9.17, 15) is 4.79 Å². The lowest BCUT2D eigenvalue weighted by Crippen LogP contribution is -2.52. The second-order valence-electron chi connectivity index (χ2n) is 6.36. The summed E-state index contributed by atoms with van der Waals surface area (Å²) >= 11 is 0. The molecule has 124 valence electrons. The molecule has 3 rings (SSSR count). The maximum atomic E-state index is 12.2. The fraction of sp³-hybridized carbons (Fsp3) is 0.529. The predicted octanol–water partition coefficient (Wildman–Crippen LogP) is 2.18. The van der Waals surface area contributed by atoms with E-state index in [0.717, 1.165) is 24.1 Å². The van der Waals surface area contributed by atoms with Crippen molar-refractivity contribution in [1.82, 2.24) is 4.90 Å². The van der Waals surface area contributed by atoms with Crippen LogP contribution in [0.5, 0.6) is 0 Å². The second-order valence-corrected chi connectivity index (χ2v) is 6.36. The molecule has 23 heavy (non-hydrogen) atoms. The number of oxime groups is 1. The van der Waals surface area contributed by atoms with Crippen LogP contribution in [-0.4, -0.2) is 49.4 Å². The average molecular weight is 316 g/mol. The first-order valence-corrected chi connectivity index (χ1v) is 8.08. The molecule has 2 amide bonds. The van der Waals surface area contributed by atoms with Crippen LogP contribution in [0.25, 0.3) is 0 Å². The predicted molar refractivity (Wildman–Crippen MR) is 90.7 cm³/mol. The molecule has 0 aliphatic carbocycles. The van der Waals surface area contributed by atoms with Crippen molar-refractivity contribution in [2.45, 2.75) is 43.8 Å². The van der Waals surface area contributed by atoms with Gasteiger partial charge in [0.15, 0.2) is 0 Å². The van der Waals surface area contributed by atoms with Gasteiger partial charge in [-0.3, -0.25) is 4.90 Å². The summed E-state index contributed by atoms with van der Waals surface area (Å²) in [6, 6.07) is 8.48. The quantitative estimate of drug-likeness (QED) is 0.683. The van der Waals surface area contributed by atoms with E-state index >= 15 is 0 Å². The summed E-state index contributed by atoms with van der Waals surface area (Å²) in [6.07, 6.45) is 5.96. The molecular formula is C17H24N4O2. The molecule has 2 heterocycles. The number of hydrogen-bond acceptors (Lipinski definition) is 4. The van der Waals surface area contributed by atoms with Gasteiger partial charge in [0.1, 0.15) is 7.11 Å². The summed E-state index contributed by atoms with van der Waals surface area (Å²) in [5.74, 6) is 0. The lowest BCUT2D eigenvalue weighted by molar-refractivity contribution is 0.159. The van der Waals surface area contributed by atoms with Gasteiger partial charge in [0.25, 0.3) is 0 Å². The molecule has 0 aromatic heterocycles. The number of nitrogens with zero attached hydrogens (tertiary/aromatic N) is 3. The number of hydrogen-bond donors (Lipinski definition) is 1. The van der Waals surface area contributed by atoms with Crippen LogP contribution < -0.4 is 10.6 Å². The van der Waals surface area contributed by atoms with E-state index in [2.05, 4.69) is 17.1 Å². The van der Waals surface area contributed by atoms with Crippen molar-refractivity contribution in [1.29, 1.82) is 0 Å². The molecule has 1 aromatic carbocycles. The van der Waals surface area contributed by atoms with Crippen LogP contribution in [0.4, 0.5) is 10.5 Å². The van der Waals surface area contributed by atoms with Crippen molar-refractivity contribution in [2.75, 3.05) is 19.1 Å². The Morgan fingerprint density at radius 1 is 1.35 bits per heavy atom. The molecule has 0 saturated carbocycles. The van der Waals surface area contributed by atoms with E-state index in [1.165, 1.54) is 20.0 Å². The summed E-state index contributed by atoms with van der Waals surface area (Å²) in [5, 5.41) is 3.83. The fourth-order valence-electron chi connectivity index (χ4n) is 4.01. The molecular weight excluding hydrogens is 292 g/mol. The summed E-state index contributed by atoms with van der Waals surface area (Å²) in [5.41, 5.74) is 7.37. The molecule has 3 atom stereocenters. The fourth-order valence-corrected chi connectivity index (χ4v) is 4.01. The van der Waals surface area contributed by atoms with Crippen LogP contribution in [0.1, 0.15) is 31.2 Å². The van der Waals surface area contributed by atoms with Crippen molar-refractivity contribution in [3.8, 4) is 0 Å². The smallest absolute Gasteiger partial charge is 0.319 e. The number of rotatable bonds is 4. The van der Waals surface area contributed by atoms with E-state index in [0.29, 0.717) is 12.1 Å². The van der Waals surface area contributed by atoms with Gasteiger partial charge < -0.3 is 15.5 Å². The van der Waals surface area contributed by atoms with Crippen LogP contribution in [0.15, 0.2) is 29.4 Å². The number of carbonyl (C=O) groups is 1. The van der Waals surface area contributed by atoms with Gasteiger partial charge in [-0.05, 0) is 38.8 Å². The molecule has 1 unspecified atom stereocenters. The largest absolute Gasteiger partial charge is 0.399 e. The summed E-state index contributed by atoms with van der Waals surface area (Å²) in [6.45, 7) is 0. The van der Waals surface area contributed by atoms with Gasteiger partial charge in [0.05, 0.1) is 11.9 Å². The number of benzene rings is 1. The Morgan fingerprint density at radius 3 is 2.61 bits per heavy atom. The topological polar surface area (TPSA) is 71.2 Å². The summed E-state index contributed by atoms with van der Waals surface area (Å²) in [7, 11) is 3.69. The van der Waals surface area contributed by atoms with Gasteiger partial charge in [0, 0.05) is 23.7 Å². The molecule has 2 aliphatic rings. The van der Waals surface area contributed by atoms with Crippen molar-refractivity contribution in [3.63, 3.8) is 0 Å². The van der Waals surface area contributed by atoms with Crippen LogP contribution in [0, 0.1) is 0 Å². The van der Waals surface area contributed by atoms with Crippen molar-refractivity contribution in [2.24, 2.45) is 10.9 Å². The zero-order valence-electron chi connectivity index (χ0n) is 13.7. The minimum atomic E-state index is -0.405. The molecule has 2 saturated heterocycles. The lowest BCUT2D eigenvalue weighted by atomic mass is 9.95. The highest BCUT2D eigenvalue weighted by Gasteiger charge is 2.41. The number of amides is 2. The number of piperidine rings is 1. The molecule has 1 aromatic rings. The van der Waals surface area contributed by atoms with Gasteiger partial charge in [0.2, 0.25) is 0 Å². The molecule has 0 radical (unpaired) electrons. The Balaban J connectivity index is 1.91. The minimum absolute atomic E-state index is 0.137. The molecule has 0 spiro atoms. The maximum Gasteiger partial charge on any atom is 0.319 e. The number of urea groups is 1. The molecule has 2 fully saturated rings. The van der Waals surface area contributed by atoms with E-state index in [-0.39, 0.29) is 6.04 Å². The van der Waals surface area contributed by atoms with Crippen molar-refractivity contribution >= 4 is 17.9 Å². The summed E-state index contributed by atoms with van der Waals surface area (Å²) in [4.78, 5) is 21.2. The van der Waals surface area contributed by atoms with Crippen LogP contribution in [0.3, 0.4) is 0 Å². The highest BCUT2D eigenvalue weighted by molar-refractivity contribution is 5.98.